The quantitative estimate of drug-likeness (QED) is 0.778. The Morgan fingerprint density at radius 1 is 1.40 bits per heavy atom. The number of aliphatic hydroxyl groups is 1. The zero-order valence-corrected chi connectivity index (χ0v) is 8.66. The lowest BCUT2D eigenvalue weighted by Gasteiger charge is -2.37. The van der Waals surface area contributed by atoms with Crippen LogP contribution in [0, 0.1) is 6.92 Å². The van der Waals surface area contributed by atoms with E-state index in [-0.39, 0.29) is 0 Å². The first-order chi connectivity index (χ1) is 7.03. The molecule has 1 aliphatic carbocycles. The molecule has 0 heterocycles. The summed E-state index contributed by atoms with van der Waals surface area (Å²) < 4.78 is 0. The topological polar surface area (TPSA) is 57.5 Å². The molecule has 1 aliphatic rings. The molecule has 0 amide bonds. The fraction of sp³-hybridized carbons (Fsp3) is 0.417. The van der Waals surface area contributed by atoms with Crippen LogP contribution in [-0.2, 0) is 5.60 Å². The largest absolute Gasteiger partial charge is 0.478 e. The monoisotopic (exact) mass is 206 g/mol. The molecule has 0 aromatic heterocycles. The molecular weight excluding hydrogens is 192 g/mol. The van der Waals surface area contributed by atoms with Crippen molar-refractivity contribution in [2.75, 3.05) is 0 Å². The van der Waals surface area contributed by atoms with Crippen LogP contribution in [-0.4, -0.2) is 16.2 Å². The van der Waals surface area contributed by atoms with Crippen LogP contribution in [0.1, 0.15) is 40.7 Å². The highest BCUT2D eigenvalue weighted by Crippen LogP contribution is 2.41. The van der Waals surface area contributed by atoms with E-state index in [4.69, 9.17) is 5.11 Å². The van der Waals surface area contributed by atoms with Gasteiger partial charge in [0.1, 0.15) is 0 Å². The lowest BCUT2D eigenvalue weighted by molar-refractivity contribution is -0.0388. The molecular formula is C12H14O3. The molecule has 1 fully saturated rings. The van der Waals surface area contributed by atoms with Crippen LogP contribution in [0.4, 0.5) is 0 Å². The van der Waals surface area contributed by atoms with Crippen molar-refractivity contribution in [2.45, 2.75) is 31.8 Å². The van der Waals surface area contributed by atoms with Gasteiger partial charge in [0.25, 0.3) is 0 Å². The highest BCUT2D eigenvalue weighted by Gasteiger charge is 2.36. The number of aryl methyl sites for hydroxylation is 1. The number of hydrogen-bond donors (Lipinski definition) is 2. The molecule has 0 unspecified atom stereocenters. The Balaban J connectivity index is 2.37. The van der Waals surface area contributed by atoms with Gasteiger partial charge in [0, 0.05) is 0 Å². The normalized spacial score (nSPS) is 18.3. The number of carboxylic acid groups (broad SMARTS) is 1. The second-order valence-electron chi connectivity index (χ2n) is 4.22. The highest BCUT2D eigenvalue weighted by molar-refractivity contribution is 5.89. The minimum absolute atomic E-state index is 0.307. The third kappa shape index (κ3) is 1.63. The second-order valence-corrected chi connectivity index (χ2v) is 4.22. The Hall–Kier alpha value is -1.35. The average molecular weight is 206 g/mol. The van der Waals surface area contributed by atoms with Gasteiger partial charge >= 0.3 is 5.97 Å². The molecule has 1 aromatic rings. The molecule has 3 heteroatoms. The predicted octanol–water partition coefficient (Wildman–Crippen LogP) is 2.06. The summed E-state index contributed by atoms with van der Waals surface area (Å²) in [5, 5.41) is 19.0. The minimum atomic E-state index is -0.917. The molecule has 80 valence electrons. The number of carbonyl (C=O) groups is 1. The van der Waals surface area contributed by atoms with Crippen molar-refractivity contribution >= 4 is 5.97 Å². The van der Waals surface area contributed by atoms with Gasteiger partial charge in [0.2, 0.25) is 0 Å². The summed E-state index contributed by atoms with van der Waals surface area (Å²) in [7, 11) is 0. The SMILES string of the molecule is Cc1cc(C2(O)CCC2)ccc1C(=O)O. The van der Waals surface area contributed by atoms with Crippen LogP contribution in [0.25, 0.3) is 0 Å². The van der Waals surface area contributed by atoms with Gasteiger partial charge in [-0.25, -0.2) is 4.79 Å². The Morgan fingerprint density at radius 2 is 2.07 bits per heavy atom. The van der Waals surface area contributed by atoms with E-state index in [2.05, 4.69) is 0 Å². The zero-order valence-electron chi connectivity index (χ0n) is 8.66. The number of hydrogen-bond acceptors (Lipinski definition) is 2. The Bertz CT molecular complexity index is 405. The Kier molecular flexibility index (Phi) is 2.27. The van der Waals surface area contributed by atoms with E-state index in [9.17, 15) is 9.90 Å². The van der Waals surface area contributed by atoms with Crippen LogP contribution in [0.2, 0.25) is 0 Å². The second kappa shape index (κ2) is 3.35. The van der Waals surface area contributed by atoms with Crippen LogP contribution in [0.3, 0.4) is 0 Å². The number of carboxylic acids is 1. The first-order valence-electron chi connectivity index (χ1n) is 5.10. The Labute approximate surface area is 88.4 Å². The van der Waals surface area contributed by atoms with Gasteiger partial charge in [-0.05, 0) is 43.4 Å². The van der Waals surface area contributed by atoms with Gasteiger partial charge in [-0.2, -0.15) is 0 Å². The summed E-state index contributed by atoms with van der Waals surface area (Å²) in [5.41, 5.74) is 1.15. The van der Waals surface area contributed by atoms with Crippen molar-refractivity contribution in [2.24, 2.45) is 0 Å². The van der Waals surface area contributed by atoms with Gasteiger partial charge in [0.05, 0.1) is 11.2 Å². The minimum Gasteiger partial charge on any atom is -0.478 e. The van der Waals surface area contributed by atoms with Crippen molar-refractivity contribution in [3.63, 3.8) is 0 Å². The molecule has 1 saturated carbocycles. The number of aromatic carboxylic acids is 1. The third-order valence-corrected chi connectivity index (χ3v) is 3.17. The van der Waals surface area contributed by atoms with Crippen LogP contribution in [0.15, 0.2) is 18.2 Å². The molecule has 0 bridgehead atoms. The maximum absolute atomic E-state index is 10.8. The standard InChI is InChI=1S/C12H14O3/c1-8-7-9(12(15)5-2-6-12)3-4-10(8)11(13)14/h3-4,7,15H,2,5-6H2,1H3,(H,13,14). The molecule has 0 aliphatic heterocycles. The Morgan fingerprint density at radius 3 is 2.47 bits per heavy atom. The van der Waals surface area contributed by atoms with Crippen LogP contribution in [0.5, 0.6) is 0 Å². The molecule has 2 rings (SSSR count). The fourth-order valence-corrected chi connectivity index (χ4v) is 1.99. The first kappa shape index (κ1) is 10.2. The molecule has 1 aromatic carbocycles. The van der Waals surface area contributed by atoms with Crippen molar-refractivity contribution < 1.29 is 15.0 Å². The van der Waals surface area contributed by atoms with Gasteiger partial charge in [0.15, 0.2) is 0 Å². The smallest absolute Gasteiger partial charge is 0.335 e. The van der Waals surface area contributed by atoms with E-state index in [0.29, 0.717) is 11.1 Å². The number of benzene rings is 1. The van der Waals surface area contributed by atoms with E-state index in [1.165, 1.54) is 0 Å². The lowest BCUT2D eigenvalue weighted by atomic mass is 9.74. The fourth-order valence-electron chi connectivity index (χ4n) is 1.99. The van der Waals surface area contributed by atoms with Gasteiger partial charge in [-0.3, -0.25) is 0 Å². The van der Waals surface area contributed by atoms with Gasteiger partial charge in [-0.15, -0.1) is 0 Å². The summed E-state index contributed by atoms with van der Waals surface area (Å²) in [5.74, 6) is -0.917. The van der Waals surface area contributed by atoms with E-state index in [0.717, 1.165) is 24.8 Å². The summed E-state index contributed by atoms with van der Waals surface area (Å²) in [6.45, 7) is 1.76. The van der Waals surface area contributed by atoms with E-state index in [1.807, 2.05) is 0 Å². The summed E-state index contributed by atoms with van der Waals surface area (Å²) in [6.07, 6.45) is 2.59. The van der Waals surface area contributed by atoms with E-state index in [1.54, 1.807) is 25.1 Å². The molecule has 15 heavy (non-hydrogen) atoms. The van der Waals surface area contributed by atoms with Crippen molar-refractivity contribution in [3.05, 3.63) is 34.9 Å². The van der Waals surface area contributed by atoms with Crippen molar-refractivity contribution in [1.29, 1.82) is 0 Å². The van der Waals surface area contributed by atoms with Crippen molar-refractivity contribution in [3.8, 4) is 0 Å². The van der Waals surface area contributed by atoms with Gasteiger partial charge < -0.3 is 10.2 Å². The van der Waals surface area contributed by atoms with Crippen molar-refractivity contribution in [1.82, 2.24) is 0 Å². The van der Waals surface area contributed by atoms with Crippen LogP contribution >= 0.6 is 0 Å². The third-order valence-electron chi connectivity index (χ3n) is 3.17. The van der Waals surface area contributed by atoms with Gasteiger partial charge in [-0.1, -0.05) is 12.1 Å². The lowest BCUT2D eigenvalue weighted by Crippen LogP contribution is -2.33. The average Bonchev–Trinajstić information content (AvgIpc) is 2.13. The highest BCUT2D eigenvalue weighted by atomic mass is 16.4. The molecule has 0 saturated heterocycles. The zero-order chi connectivity index (χ0) is 11.1. The predicted molar refractivity (Wildman–Crippen MR) is 55.9 cm³/mol. The summed E-state index contributed by atoms with van der Waals surface area (Å²) >= 11 is 0. The summed E-state index contributed by atoms with van der Waals surface area (Å²) in [6, 6.07) is 5.07. The maximum Gasteiger partial charge on any atom is 0.335 e. The van der Waals surface area contributed by atoms with E-state index < -0.39 is 11.6 Å². The molecule has 3 nitrogen and oxygen atoms in total. The molecule has 2 N–H and O–H groups in total. The number of rotatable bonds is 2. The van der Waals surface area contributed by atoms with Crippen LogP contribution < -0.4 is 0 Å². The molecule has 0 spiro atoms. The summed E-state index contributed by atoms with van der Waals surface area (Å²) in [4.78, 5) is 10.8. The first-order valence-corrected chi connectivity index (χ1v) is 5.10. The van der Waals surface area contributed by atoms with E-state index >= 15 is 0 Å². The molecule has 0 radical (unpaired) electrons. The maximum atomic E-state index is 10.8. The molecule has 0 atom stereocenters.